The van der Waals surface area contributed by atoms with Gasteiger partial charge in [-0.15, -0.1) is 5.10 Å². The van der Waals surface area contributed by atoms with Crippen LogP contribution in [0, 0.1) is 0 Å². The summed E-state index contributed by atoms with van der Waals surface area (Å²) < 4.78 is 3.59. The topological polar surface area (TPSA) is 52.2 Å². The molecule has 0 atom stereocenters. The van der Waals surface area contributed by atoms with Crippen LogP contribution in [0.3, 0.4) is 0 Å². The highest BCUT2D eigenvalue weighted by molar-refractivity contribution is 7.98. The minimum Gasteiger partial charge on any atom is -0.280 e. The van der Waals surface area contributed by atoms with Crippen molar-refractivity contribution in [3.05, 3.63) is 21.6 Å². The van der Waals surface area contributed by atoms with Gasteiger partial charge in [-0.3, -0.25) is 9.36 Å². The summed E-state index contributed by atoms with van der Waals surface area (Å²) in [6.07, 6.45) is 13.7. The van der Waals surface area contributed by atoms with Gasteiger partial charge in [-0.1, -0.05) is 50.3 Å². The molecule has 0 radical (unpaired) electrons. The summed E-state index contributed by atoms with van der Waals surface area (Å²) in [5.74, 6) is 0.671. The van der Waals surface area contributed by atoms with Crippen molar-refractivity contribution in [3.8, 4) is 0 Å². The van der Waals surface area contributed by atoms with Gasteiger partial charge in [0.25, 0.3) is 5.56 Å². The van der Waals surface area contributed by atoms with Crippen molar-refractivity contribution in [3.63, 3.8) is 0 Å². The van der Waals surface area contributed by atoms with Gasteiger partial charge in [0.1, 0.15) is 0 Å². The molecule has 2 heterocycles. The van der Waals surface area contributed by atoms with Crippen LogP contribution >= 0.6 is 11.8 Å². The summed E-state index contributed by atoms with van der Waals surface area (Å²) in [7, 11) is 1.81. The molecule has 1 aliphatic carbocycles. The fourth-order valence-electron chi connectivity index (χ4n) is 3.48. The molecule has 5 nitrogen and oxygen atoms in total. The van der Waals surface area contributed by atoms with E-state index in [-0.39, 0.29) is 5.56 Å². The maximum Gasteiger partial charge on any atom is 0.258 e. The minimum atomic E-state index is 0.115. The maximum atomic E-state index is 12.8. The van der Waals surface area contributed by atoms with E-state index in [9.17, 15) is 4.79 Å². The minimum absolute atomic E-state index is 0.115. The highest BCUT2D eigenvalue weighted by atomic mass is 32.2. The van der Waals surface area contributed by atoms with E-state index in [1.54, 1.807) is 4.57 Å². The third-order valence-corrected chi connectivity index (χ3v) is 5.35. The van der Waals surface area contributed by atoms with Gasteiger partial charge in [-0.05, 0) is 31.9 Å². The summed E-state index contributed by atoms with van der Waals surface area (Å²) in [4.78, 5) is 17.3. The number of aromatic nitrogens is 4. The molecule has 0 aliphatic heterocycles. The van der Waals surface area contributed by atoms with Crippen LogP contribution in [0.4, 0.5) is 0 Å². The second kappa shape index (κ2) is 7.51. The van der Waals surface area contributed by atoms with Crippen LogP contribution in [-0.2, 0) is 19.9 Å². The molecule has 2 aromatic heterocycles. The third kappa shape index (κ3) is 3.47. The molecule has 2 aromatic rings. The van der Waals surface area contributed by atoms with Crippen LogP contribution in [0.1, 0.15) is 62.6 Å². The van der Waals surface area contributed by atoms with Crippen molar-refractivity contribution in [2.24, 2.45) is 7.05 Å². The molecule has 0 N–H and O–H groups in total. The Balaban J connectivity index is 2.08. The van der Waals surface area contributed by atoms with Crippen molar-refractivity contribution < 1.29 is 0 Å². The van der Waals surface area contributed by atoms with Gasteiger partial charge < -0.3 is 0 Å². The molecule has 0 saturated carbocycles. The average molecular weight is 334 g/mol. The standard InChI is InChI=1S/C17H26N4OS/c1-20-15(22)13-11-9-7-5-3-4-6-8-10-12-14(13)21-17(20)18-16(19-21)23-2/h3-12H2,1-2H3. The molecule has 126 valence electrons. The number of hydrogen-bond acceptors (Lipinski definition) is 4. The molecule has 0 spiro atoms. The Hall–Kier alpha value is -1.30. The molecule has 6 heteroatoms. The number of nitrogens with zero attached hydrogens (tertiary/aromatic N) is 4. The molecule has 0 amide bonds. The van der Waals surface area contributed by atoms with Crippen LogP contribution in [0.15, 0.2) is 9.95 Å². The predicted octanol–water partition coefficient (Wildman–Crippen LogP) is 3.37. The van der Waals surface area contributed by atoms with Gasteiger partial charge in [0, 0.05) is 12.6 Å². The van der Waals surface area contributed by atoms with Gasteiger partial charge in [-0.2, -0.15) is 4.98 Å². The van der Waals surface area contributed by atoms with E-state index in [2.05, 4.69) is 10.1 Å². The largest absolute Gasteiger partial charge is 0.280 e. The first-order valence-electron chi connectivity index (χ1n) is 8.74. The Morgan fingerprint density at radius 3 is 2.22 bits per heavy atom. The summed E-state index contributed by atoms with van der Waals surface area (Å²) in [6, 6.07) is 0. The Morgan fingerprint density at radius 2 is 1.57 bits per heavy atom. The maximum absolute atomic E-state index is 12.8. The van der Waals surface area contributed by atoms with E-state index in [1.165, 1.54) is 50.3 Å². The number of thioether (sulfide) groups is 1. The molecule has 23 heavy (non-hydrogen) atoms. The third-order valence-electron chi connectivity index (χ3n) is 4.81. The Kier molecular flexibility index (Phi) is 5.41. The van der Waals surface area contributed by atoms with Gasteiger partial charge in [0.15, 0.2) is 0 Å². The SMILES string of the molecule is CSc1nc2n(C)c(=O)c3c(n2n1)CCCCCCCCCC3. The number of hydrogen-bond donors (Lipinski definition) is 0. The first-order valence-corrected chi connectivity index (χ1v) is 9.96. The van der Waals surface area contributed by atoms with Gasteiger partial charge in [-0.25, -0.2) is 4.52 Å². The van der Waals surface area contributed by atoms with E-state index in [4.69, 9.17) is 0 Å². The average Bonchev–Trinajstić information content (AvgIpc) is 2.98. The van der Waals surface area contributed by atoms with Gasteiger partial charge in [0.2, 0.25) is 10.9 Å². The fourth-order valence-corrected chi connectivity index (χ4v) is 3.81. The molecule has 0 aromatic carbocycles. The molecule has 0 unspecified atom stereocenters. The van der Waals surface area contributed by atoms with Crippen molar-refractivity contribution in [2.75, 3.05) is 6.26 Å². The smallest absolute Gasteiger partial charge is 0.258 e. The van der Waals surface area contributed by atoms with Crippen molar-refractivity contribution in [2.45, 2.75) is 69.4 Å². The highest BCUT2D eigenvalue weighted by Crippen LogP contribution is 2.19. The van der Waals surface area contributed by atoms with Gasteiger partial charge in [0.05, 0.1) is 5.69 Å². The lowest BCUT2D eigenvalue weighted by Crippen LogP contribution is -2.27. The quantitative estimate of drug-likeness (QED) is 0.750. The predicted molar refractivity (Wildman–Crippen MR) is 94.4 cm³/mol. The van der Waals surface area contributed by atoms with Crippen LogP contribution in [-0.4, -0.2) is 25.4 Å². The van der Waals surface area contributed by atoms with E-state index in [1.807, 2.05) is 17.8 Å². The van der Waals surface area contributed by atoms with E-state index < -0.39 is 0 Å². The van der Waals surface area contributed by atoms with Crippen molar-refractivity contribution in [1.29, 1.82) is 0 Å². The summed E-state index contributed by atoms with van der Waals surface area (Å²) in [5.41, 5.74) is 2.17. The number of rotatable bonds is 1. The van der Waals surface area contributed by atoms with E-state index in [0.29, 0.717) is 5.78 Å². The molecular formula is C17H26N4OS. The Labute approximate surface area is 141 Å². The molecule has 0 bridgehead atoms. The molecule has 3 rings (SSSR count). The summed E-state index contributed by atoms with van der Waals surface area (Å²) >= 11 is 1.52. The van der Waals surface area contributed by atoms with E-state index in [0.717, 1.165) is 42.1 Å². The van der Waals surface area contributed by atoms with E-state index >= 15 is 0 Å². The van der Waals surface area contributed by atoms with Crippen LogP contribution in [0.5, 0.6) is 0 Å². The number of aryl methyl sites for hydroxylation is 2. The molecule has 1 aliphatic rings. The molecular weight excluding hydrogens is 308 g/mol. The second-order valence-electron chi connectivity index (χ2n) is 6.43. The summed E-state index contributed by atoms with van der Waals surface area (Å²) in [6.45, 7) is 0. The molecule has 0 saturated heterocycles. The van der Waals surface area contributed by atoms with Crippen LogP contribution in [0.2, 0.25) is 0 Å². The Morgan fingerprint density at radius 1 is 0.957 bits per heavy atom. The zero-order chi connectivity index (χ0) is 16.2. The lowest BCUT2D eigenvalue weighted by atomic mass is 9.99. The second-order valence-corrected chi connectivity index (χ2v) is 7.20. The van der Waals surface area contributed by atoms with Crippen LogP contribution in [0.25, 0.3) is 5.78 Å². The first kappa shape index (κ1) is 16.6. The highest BCUT2D eigenvalue weighted by Gasteiger charge is 2.18. The lowest BCUT2D eigenvalue weighted by molar-refractivity contribution is 0.549. The first-order chi connectivity index (χ1) is 11.2. The van der Waals surface area contributed by atoms with Gasteiger partial charge >= 0.3 is 0 Å². The monoisotopic (exact) mass is 334 g/mol. The Bertz CT molecular complexity index is 734. The van der Waals surface area contributed by atoms with Crippen molar-refractivity contribution >= 4 is 17.5 Å². The number of fused-ring (bicyclic) bond motifs is 3. The fraction of sp³-hybridized carbons (Fsp3) is 0.706. The zero-order valence-corrected chi connectivity index (χ0v) is 15.0. The zero-order valence-electron chi connectivity index (χ0n) is 14.2. The molecule has 0 fully saturated rings. The summed E-state index contributed by atoms with van der Waals surface area (Å²) in [5, 5.41) is 5.36. The lowest BCUT2D eigenvalue weighted by Gasteiger charge is -2.14. The van der Waals surface area contributed by atoms with Crippen LogP contribution < -0.4 is 5.56 Å². The normalized spacial score (nSPS) is 17.5. The van der Waals surface area contributed by atoms with Crippen molar-refractivity contribution in [1.82, 2.24) is 19.2 Å².